The molecule has 0 N–H and O–H groups in total. The van der Waals surface area contributed by atoms with Gasteiger partial charge in [-0.15, -0.1) is 0 Å². The van der Waals surface area contributed by atoms with Crippen LogP contribution in [-0.2, 0) is 4.74 Å². The summed E-state index contributed by atoms with van der Waals surface area (Å²) in [6.45, 7) is 20.6. The molecule has 0 fully saturated rings. The first-order valence-electron chi connectivity index (χ1n) is 19.4. The highest BCUT2D eigenvalue weighted by molar-refractivity contribution is 4.61. The standard InChI is InChI=1S/C26H54O.C14H30/c1-5-7-9-11-13-14-16-18-22-26(21-17-15-12-10-8-6-2)24-27-23-19-20-25(3)4;1-5-6-7-8-9-10-11-14(4)12-13(2)3/h25-26H,5-24H2,1-4H3;13-14H,5-12H2,1-4H3. The molecule has 0 bridgehead atoms. The SMILES string of the molecule is CCCCCCCCC(C)CC(C)C.CCCCCCCCCCC(CCCCCCCC)COCCCC(C)C. The summed E-state index contributed by atoms with van der Waals surface area (Å²) in [5.74, 6) is 3.45. The molecule has 0 radical (unpaired) electrons. The maximum absolute atomic E-state index is 6.06. The Morgan fingerprint density at radius 1 is 0.390 bits per heavy atom. The molecule has 0 aliphatic carbocycles. The Balaban J connectivity index is 0. The average molecular weight is 581 g/mol. The topological polar surface area (TPSA) is 9.23 Å². The Labute approximate surface area is 263 Å². The van der Waals surface area contributed by atoms with Gasteiger partial charge in [-0.05, 0) is 55.8 Å². The van der Waals surface area contributed by atoms with Gasteiger partial charge in [-0.2, -0.15) is 0 Å². The Bertz CT molecular complexity index is 442. The van der Waals surface area contributed by atoms with E-state index in [0.717, 1.165) is 36.9 Å². The Kier molecular flexibility index (Phi) is 38.0. The zero-order valence-corrected chi connectivity index (χ0v) is 30.5. The van der Waals surface area contributed by atoms with E-state index < -0.39 is 0 Å². The zero-order chi connectivity index (χ0) is 30.8. The summed E-state index contributed by atoms with van der Waals surface area (Å²) in [4.78, 5) is 0. The number of rotatable bonds is 31. The van der Waals surface area contributed by atoms with E-state index in [9.17, 15) is 0 Å². The minimum atomic E-state index is 0.810. The van der Waals surface area contributed by atoms with Gasteiger partial charge in [-0.1, -0.05) is 190 Å². The van der Waals surface area contributed by atoms with Gasteiger partial charge in [0, 0.05) is 13.2 Å². The monoisotopic (exact) mass is 581 g/mol. The molecule has 0 aromatic rings. The first-order chi connectivity index (χ1) is 19.9. The Morgan fingerprint density at radius 3 is 1.17 bits per heavy atom. The Hall–Kier alpha value is -0.0400. The van der Waals surface area contributed by atoms with Crippen LogP contribution in [0.5, 0.6) is 0 Å². The molecule has 0 saturated carbocycles. The van der Waals surface area contributed by atoms with Crippen LogP contribution in [0.1, 0.15) is 222 Å². The number of ether oxygens (including phenoxy) is 1. The fraction of sp³-hybridized carbons (Fsp3) is 1.00. The molecule has 0 aliphatic rings. The molecular weight excluding hydrogens is 496 g/mol. The normalized spacial score (nSPS) is 13.0. The lowest BCUT2D eigenvalue weighted by molar-refractivity contribution is 0.0865. The van der Waals surface area contributed by atoms with Gasteiger partial charge in [0.2, 0.25) is 0 Å². The molecule has 2 unspecified atom stereocenters. The molecule has 0 aliphatic heterocycles. The van der Waals surface area contributed by atoms with Crippen LogP contribution < -0.4 is 0 Å². The minimum Gasteiger partial charge on any atom is -0.381 e. The molecule has 41 heavy (non-hydrogen) atoms. The molecule has 1 heteroatoms. The van der Waals surface area contributed by atoms with Crippen molar-refractivity contribution in [1.82, 2.24) is 0 Å². The zero-order valence-electron chi connectivity index (χ0n) is 30.5. The maximum Gasteiger partial charge on any atom is 0.0494 e. The van der Waals surface area contributed by atoms with Crippen LogP contribution in [0.15, 0.2) is 0 Å². The second-order valence-electron chi connectivity index (χ2n) is 14.6. The highest BCUT2D eigenvalue weighted by Gasteiger charge is 2.09. The largest absolute Gasteiger partial charge is 0.381 e. The van der Waals surface area contributed by atoms with Crippen molar-refractivity contribution < 1.29 is 4.74 Å². The van der Waals surface area contributed by atoms with Crippen molar-refractivity contribution in [2.75, 3.05) is 13.2 Å². The molecule has 0 aromatic carbocycles. The van der Waals surface area contributed by atoms with Crippen molar-refractivity contribution in [3.05, 3.63) is 0 Å². The van der Waals surface area contributed by atoms with Gasteiger partial charge in [-0.3, -0.25) is 0 Å². The molecule has 0 spiro atoms. The fourth-order valence-electron chi connectivity index (χ4n) is 6.13. The van der Waals surface area contributed by atoms with Crippen molar-refractivity contribution in [1.29, 1.82) is 0 Å². The van der Waals surface area contributed by atoms with E-state index in [1.165, 1.54) is 167 Å². The molecule has 0 amide bonds. The third kappa shape index (κ3) is 40.0. The van der Waals surface area contributed by atoms with E-state index in [2.05, 4.69) is 55.4 Å². The highest BCUT2D eigenvalue weighted by atomic mass is 16.5. The van der Waals surface area contributed by atoms with Gasteiger partial charge in [-0.25, -0.2) is 0 Å². The van der Waals surface area contributed by atoms with Crippen LogP contribution in [-0.4, -0.2) is 13.2 Å². The van der Waals surface area contributed by atoms with Crippen LogP contribution in [0.4, 0.5) is 0 Å². The second-order valence-corrected chi connectivity index (χ2v) is 14.6. The van der Waals surface area contributed by atoms with Gasteiger partial charge in [0.1, 0.15) is 0 Å². The second kappa shape index (κ2) is 36.2. The van der Waals surface area contributed by atoms with Gasteiger partial charge in [0.25, 0.3) is 0 Å². The van der Waals surface area contributed by atoms with Crippen molar-refractivity contribution in [2.45, 2.75) is 222 Å². The lowest BCUT2D eigenvalue weighted by Gasteiger charge is -2.17. The van der Waals surface area contributed by atoms with E-state index in [1.807, 2.05) is 0 Å². The van der Waals surface area contributed by atoms with Crippen molar-refractivity contribution in [2.24, 2.45) is 23.7 Å². The first kappa shape index (κ1) is 43.1. The number of unbranched alkanes of at least 4 members (excludes halogenated alkanes) is 17. The third-order valence-corrected chi connectivity index (χ3v) is 8.78. The predicted octanol–water partition coefficient (Wildman–Crippen LogP) is 14.8. The lowest BCUT2D eigenvalue weighted by Crippen LogP contribution is -2.11. The molecular formula is C40H84O. The maximum atomic E-state index is 6.06. The summed E-state index contributed by atoms with van der Waals surface area (Å²) < 4.78 is 6.06. The van der Waals surface area contributed by atoms with Crippen LogP contribution in [0, 0.1) is 23.7 Å². The van der Waals surface area contributed by atoms with E-state index in [4.69, 9.17) is 4.74 Å². The summed E-state index contributed by atoms with van der Waals surface area (Å²) in [5, 5.41) is 0. The van der Waals surface area contributed by atoms with Crippen LogP contribution in [0.25, 0.3) is 0 Å². The summed E-state index contributed by atoms with van der Waals surface area (Å²) in [6, 6.07) is 0. The molecule has 0 aromatic heterocycles. The van der Waals surface area contributed by atoms with Crippen LogP contribution in [0.2, 0.25) is 0 Å². The summed E-state index contributed by atoms with van der Waals surface area (Å²) in [7, 11) is 0. The molecule has 0 heterocycles. The van der Waals surface area contributed by atoms with Crippen LogP contribution in [0.3, 0.4) is 0 Å². The number of hydrogen-bond donors (Lipinski definition) is 0. The molecule has 1 nitrogen and oxygen atoms in total. The molecule has 250 valence electrons. The van der Waals surface area contributed by atoms with Gasteiger partial charge < -0.3 is 4.74 Å². The van der Waals surface area contributed by atoms with Gasteiger partial charge in [0.05, 0.1) is 0 Å². The van der Waals surface area contributed by atoms with E-state index in [0.29, 0.717) is 0 Å². The first-order valence-corrected chi connectivity index (χ1v) is 19.4. The van der Waals surface area contributed by atoms with E-state index in [-0.39, 0.29) is 0 Å². The molecule has 2 atom stereocenters. The smallest absolute Gasteiger partial charge is 0.0494 e. The van der Waals surface area contributed by atoms with Gasteiger partial charge in [0.15, 0.2) is 0 Å². The summed E-state index contributed by atoms with van der Waals surface area (Å²) in [5.41, 5.74) is 0. The third-order valence-electron chi connectivity index (χ3n) is 8.78. The minimum absolute atomic E-state index is 0.810. The summed E-state index contributed by atoms with van der Waals surface area (Å²) in [6.07, 6.45) is 36.8. The molecule has 0 saturated heterocycles. The quantitative estimate of drug-likeness (QED) is 0.0741. The van der Waals surface area contributed by atoms with Crippen LogP contribution >= 0.6 is 0 Å². The number of hydrogen-bond acceptors (Lipinski definition) is 1. The highest BCUT2D eigenvalue weighted by Crippen LogP contribution is 2.21. The van der Waals surface area contributed by atoms with Gasteiger partial charge >= 0.3 is 0 Å². The predicted molar refractivity (Wildman–Crippen MR) is 190 cm³/mol. The van der Waals surface area contributed by atoms with Crippen molar-refractivity contribution in [3.63, 3.8) is 0 Å². The Morgan fingerprint density at radius 2 is 0.780 bits per heavy atom. The summed E-state index contributed by atoms with van der Waals surface area (Å²) >= 11 is 0. The van der Waals surface area contributed by atoms with Crippen molar-refractivity contribution >= 4 is 0 Å². The van der Waals surface area contributed by atoms with E-state index >= 15 is 0 Å². The molecule has 0 rings (SSSR count). The average Bonchev–Trinajstić information content (AvgIpc) is 2.93. The lowest BCUT2D eigenvalue weighted by atomic mass is 9.93. The van der Waals surface area contributed by atoms with E-state index in [1.54, 1.807) is 0 Å². The van der Waals surface area contributed by atoms with Crippen molar-refractivity contribution in [3.8, 4) is 0 Å². The fourth-order valence-corrected chi connectivity index (χ4v) is 6.13.